The largest absolute Gasteiger partial charge is 0.442 e. The van der Waals surface area contributed by atoms with Crippen LogP contribution in [0.2, 0.25) is 0 Å². The average molecular weight is 586 g/mol. The predicted molar refractivity (Wildman–Crippen MR) is 157 cm³/mol. The summed E-state index contributed by atoms with van der Waals surface area (Å²) in [5, 5.41) is 8.21. The van der Waals surface area contributed by atoms with E-state index >= 15 is 0 Å². The molecule has 2 aromatic carbocycles. The number of rotatable bonds is 5. The van der Waals surface area contributed by atoms with Crippen LogP contribution in [0.1, 0.15) is 31.3 Å². The van der Waals surface area contributed by atoms with Crippen LogP contribution in [-0.2, 0) is 11.8 Å². The fraction of sp³-hybridized carbons (Fsp3) is 0.258. The van der Waals surface area contributed by atoms with Crippen LogP contribution in [0.25, 0.3) is 33.4 Å². The molecule has 0 radical (unpaired) electrons. The number of aryl methyl sites for hydroxylation is 1. The Labute approximate surface area is 245 Å². The van der Waals surface area contributed by atoms with Gasteiger partial charge in [-0.15, -0.1) is 0 Å². The van der Waals surface area contributed by atoms with Crippen LogP contribution < -0.4 is 5.32 Å². The van der Waals surface area contributed by atoms with E-state index in [4.69, 9.17) is 4.74 Å². The van der Waals surface area contributed by atoms with Crippen LogP contribution in [-0.4, -0.2) is 65.8 Å². The number of nitrogens with zero attached hydrogens (tertiary/aromatic N) is 6. The van der Waals surface area contributed by atoms with Gasteiger partial charge in [0.15, 0.2) is 5.82 Å². The molecular weight excluding hydrogens is 556 g/mol. The number of ether oxygens (including phenoxy) is 1. The molecule has 0 unspecified atom stereocenters. The van der Waals surface area contributed by atoms with E-state index in [1.807, 2.05) is 42.5 Å². The number of benzene rings is 2. The normalized spacial score (nSPS) is 14.4. The summed E-state index contributed by atoms with van der Waals surface area (Å²) in [4.78, 5) is 35.3. The van der Waals surface area contributed by atoms with Crippen molar-refractivity contribution >= 4 is 34.4 Å². The Hall–Kier alpha value is -5.13. The fourth-order valence-electron chi connectivity index (χ4n) is 4.83. The molecule has 220 valence electrons. The molecule has 1 fully saturated rings. The van der Waals surface area contributed by atoms with E-state index in [9.17, 15) is 18.4 Å². The van der Waals surface area contributed by atoms with E-state index in [2.05, 4.69) is 20.4 Å². The number of halogens is 2. The van der Waals surface area contributed by atoms with Crippen molar-refractivity contribution in [3.8, 4) is 22.5 Å². The fourth-order valence-corrected chi connectivity index (χ4v) is 4.83. The van der Waals surface area contributed by atoms with Crippen LogP contribution in [0.5, 0.6) is 0 Å². The highest BCUT2D eigenvalue weighted by molar-refractivity contribution is 6.00. The Balaban J connectivity index is 1.17. The van der Waals surface area contributed by atoms with Crippen LogP contribution in [0, 0.1) is 0 Å². The summed E-state index contributed by atoms with van der Waals surface area (Å²) < 4.78 is 34.8. The van der Waals surface area contributed by atoms with Gasteiger partial charge in [0.25, 0.3) is 11.8 Å². The third-order valence-electron chi connectivity index (χ3n) is 6.96. The number of likely N-dealkylation sites (tertiary alicyclic amines) is 1. The first-order chi connectivity index (χ1) is 20.3. The molecule has 1 aliphatic rings. The molecule has 1 saturated heterocycles. The summed E-state index contributed by atoms with van der Waals surface area (Å²) in [5.41, 5.74) is 3.68. The molecule has 6 rings (SSSR count). The van der Waals surface area contributed by atoms with Gasteiger partial charge in [-0.1, -0.05) is 24.3 Å². The maximum Gasteiger partial charge on any atom is 0.435 e. The molecule has 0 atom stereocenters. The summed E-state index contributed by atoms with van der Waals surface area (Å²) in [6.07, 6.45) is 4.34. The zero-order chi connectivity index (χ0) is 30.5. The van der Waals surface area contributed by atoms with Crippen molar-refractivity contribution in [2.45, 2.75) is 32.3 Å². The van der Waals surface area contributed by atoms with Crippen molar-refractivity contribution in [3.63, 3.8) is 0 Å². The van der Waals surface area contributed by atoms with Crippen molar-refractivity contribution in [2.24, 2.45) is 7.05 Å². The van der Waals surface area contributed by atoms with Crippen molar-refractivity contribution in [1.29, 1.82) is 0 Å². The Morgan fingerprint density at radius 3 is 2.40 bits per heavy atom. The molecule has 0 spiro atoms. The number of fused-ring (bicyclic) bond motifs is 1. The molecule has 4 heterocycles. The Kier molecular flexibility index (Phi) is 6.71. The third kappa shape index (κ3) is 5.81. The van der Waals surface area contributed by atoms with Crippen molar-refractivity contribution in [1.82, 2.24) is 29.2 Å². The van der Waals surface area contributed by atoms with E-state index in [1.54, 1.807) is 63.1 Å². The highest BCUT2D eigenvalue weighted by Gasteiger charge is 2.46. The summed E-state index contributed by atoms with van der Waals surface area (Å²) in [7, 11) is 1.74. The predicted octanol–water partition coefficient (Wildman–Crippen LogP) is 6.12. The quantitative estimate of drug-likeness (QED) is 0.265. The second-order valence-electron chi connectivity index (χ2n) is 11.5. The standard InChI is InChI=1S/C31H29F2N7O3/c1-30(2,3)43-29(42)40-16-22(15-35-40)19-7-9-23(10-8-19)36-26-11-12-34-27(37-26)21-6-5-20-13-25(38(4)24(20)14-21)28(41)39-17-31(32,33)18-39/h5-16H,17-18H2,1-4H3,(H,34,36,37). The number of nitrogens with one attached hydrogen (secondary N) is 1. The number of carbonyl (C=O) groups excluding carboxylic acids is 2. The molecule has 1 N–H and O–H groups in total. The van der Waals surface area contributed by atoms with E-state index in [1.165, 1.54) is 4.68 Å². The number of hydrogen-bond acceptors (Lipinski definition) is 7. The Bertz CT molecular complexity index is 1850. The molecule has 3 aromatic heterocycles. The van der Waals surface area contributed by atoms with Crippen LogP contribution in [0.4, 0.5) is 25.1 Å². The summed E-state index contributed by atoms with van der Waals surface area (Å²) in [5.74, 6) is -2.18. The molecule has 12 heteroatoms. The van der Waals surface area contributed by atoms with E-state index in [0.717, 1.165) is 38.2 Å². The Morgan fingerprint density at radius 1 is 0.977 bits per heavy atom. The second kappa shape index (κ2) is 10.3. The minimum atomic E-state index is -2.82. The van der Waals surface area contributed by atoms with Gasteiger partial charge in [-0.2, -0.15) is 9.78 Å². The number of hydrogen-bond donors (Lipinski definition) is 1. The molecule has 1 amide bonds. The summed E-state index contributed by atoms with van der Waals surface area (Å²) in [6, 6.07) is 16.7. The number of anilines is 2. The number of carbonyl (C=O) groups is 2. The van der Waals surface area contributed by atoms with E-state index in [0.29, 0.717) is 17.3 Å². The maximum atomic E-state index is 13.3. The maximum absolute atomic E-state index is 13.3. The summed E-state index contributed by atoms with van der Waals surface area (Å²) in [6.45, 7) is 4.27. The highest BCUT2D eigenvalue weighted by Crippen LogP contribution is 2.31. The summed E-state index contributed by atoms with van der Waals surface area (Å²) >= 11 is 0. The van der Waals surface area contributed by atoms with Crippen molar-refractivity contribution < 1.29 is 23.1 Å². The minimum Gasteiger partial charge on any atom is -0.442 e. The van der Waals surface area contributed by atoms with Crippen molar-refractivity contribution in [3.05, 3.63) is 78.9 Å². The van der Waals surface area contributed by atoms with Gasteiger partial charge in [0, 0.05) is 47.2 Å². The van der Waals surface area contributed by atoms with Crippen molar-refractivity contribution in [2.75, 3.05) is 18.4 Å². The third-order valence-corrected chi connectivity index (χ3v) is 6.96. The van der Waals surface area contributed by atoms with Gasteiger partial charge in [-0.05, 0) is 56.7 Å². The topological polar surface area (TPSA) is 107 Å². The molecule has 0 saturated carbocycles. The highest BCUT2D eigenvalue weighted by atomic mass is 19.3. The molecular formula is C31H29F2N7O3. The lowest BCUT2D eigenvalue weighted by Gasteiger charge is -2.38. The molecule has 43 heavy (non-hydrogen) atoms. The zero-order valence-electron chi connectivity index (χ0n) is 24.0. The first-order valence-electron chi connectivity index (χ1n) is 13.6. The molecule has 5 aromatic rings. The van der Waals surface area contributed by atoms with Crippen LogP contribution in [0.15, 0.2) is 73.2 Å². The monoisotopic (exact) mass is 585 g/mol. The van der Waals surface area contributed by atoms with Gasteiger partial charge in [-0.3, -0.25) is 4.79 Å². The van der Waals surface area contributed by atoms with Gasteiger partial charge < -0.3 is 19.5 Å². The molecule has 1 aliphatic heterocycles. The average Bonchev–Trinajstić information content (AvgIpc) is 3.56. The van der Waals surface area contributed by atoms with Crippen LogP contribution in [0.3, 0.4) is 0 Å². The molecule has 10 nitrogen and oxygen atoms in total. The number of alkyl halides is 2. The van der Waals surface area contributed by atoms with E-state index < -0.39 is 36.6 Å². The lowest BCUT2D eigenvalue weighted by atomic mass is 10.1. The smallest absolute Gasteiger partial charge is 0.435 e. The Morgan fingerprint density at radius 2 is 1.70 bits per heavy atom. The zero-order valence-corrected chi connectivity index (χ0v) is 24.0. The van der Waals surface area contributed by atoms with E-state index in [-0.39, 0.29) is 0 Å². The van der Waals surface area contributed by atoms with Gasteiger partial charge in [0.2, 0.25) is 0 Å². The van der Waals surface area contributed by atoms with Gasteiger partial charge >= 0.3 is 6.09 Å². The number of aromatic nitrogens is 5. The van der Waals surface area contributed by atoms with Gasteiger partial charge in [-0.25, -0.2) is 23.5 Å². The molecule has 0 bridgehead atoms. The van der Waals surface area contributed by atoms with Gasteiger partial charge in [0.1, 0.15) is 17.1 Å². The van der Waals surface area contributed by atoms with Gasteiger partial charge in [0.05, 0.1) is 19.3 Å². The number of amides is 1. The lowest BCUT2D eigenvalue weighted by molar-refractivity contribution is -0.113. The second-order valence-corrected chi connectivity index (χ2v) is 11.5. The first-order valence-corrected chi connectivity index (χ1v) is 13.6. The SMILES string of the molecule is Cn1c(C(=O)N2CC(F)(F)C2)cc2ccc(-c3nccc(Nc4ccc(-c5cnn(C(=O)OC(C)(C)C)c5)cc4)n3)cc21. The lowest BCUT2D eigenvalue weighted by Crippen LogP contribution is -2.58. The molecule has 0 aliphatic carbocycles. The minimum absolute atomic E-state index is 0.347. The van der Waals surface area contributed by atoms with Crippen LogP contribution >= 0.6 is 0 Å². The first kappa shape index (κ1) is 28.0.